The second-order valence-corrected chi connectivity index (χ2v) is 7.54. The highest BCUT2D eigenvalue weighted by Gasteiger charge is 2.45. The lowest BCUT2D eigenvalue weighted by Crippen LogP contribution is -2.42. The van der Waals surface area contributed by atoms with E-state index in [0.717, 1.165) is 18.7 Å². The largest absolute Gasteiger partial charge is 0.447 e. The zero-order valence-corrected chi connectivity index (χ0v) is 14.4. The third-order valence-electron chi connectivity index (χ3n) is 4.64. The van der Waals surface area contributed by atoms with Gasteiger partial charge in [-0.15, -0.1) is 0 Å². The molecule has 5 nitrogen and oxygen atoms in total. The molecule has 0 spiro atoms. The van der Waals surface area contributed by atoms with Gasteiger partial charge in [0.25, 0.3) is 0 Å². The van der Waals surface area contributed by atoms with Crippen molar-refractivity contribution in [3.05, 3.63) is 29.8 Å². The van der Waals surface area contributed by atoms with Crippen LogP contribution in [0.4, 0.5) is 10.5 Å². The Bertz CT molecular complexity index is 580. The molecule has 2 aliphatic heterocycles. The minimum atomic E-state index is -0.261. The normalized spacial score (nSPS) is 25.7. The summed E-state index contributed by atoms with van der Waals surface area (Å²) in [5.41, 5.74) is 1.84. The van der Waals surface area contributed by atoms with Crippen LogP contribution in [0.1, 0.15) is 39.7 Å². The minimum Gasteiger partial charge on any atom is -0.447 e. The molecule has 1 amide bonds. The second-order valence-electron chi connectivity index (χ2n) is 7.54. The predicted molar refractivity (Wildman–Crippen MR) is 89.6 cm³/mol. The van der Waals surface area contributed by atoms with Gasteiger partial charge in [-0.3, -0.25) is 4.90 Å². The molecule has 1 aromatic rings. The number of anilines is 1. The summed E-state index contributed by atoms with van der Waals surface area (Å²) in [7, 11) is 0. The summed E-state index contributed by atoms with van der Waals surface area (Å²) in [6.45, 7) is 10.4. The molecule has 2 heterocycles. The van der Waals surface area contributed by atoms with Gasteiger partial charge < -0.3 is 14.8 Å². The summed E-state index contributed by atoms with van der Waals surface area (Å²) in [5.74, 6) is 0. The average Bonchev–Trinajstić information content (AvgIpc) is 2.97. The number of benzene rings is 1. The molecule has 23 heavy (non-hydrogen) atoms. The van der Waals surface area contributed by atoms with Crippen molar-refractivity contribution in [1.29, 1.82) is 0 Å². The van der Waals surface area contributed by atoms with Gasteiger partial charge in [0.15, 0.2) is 0 Å². The van der Waals surface area contributed by atoms with Crippen LogP contribution in [-0.4, -0.2) is 36.5 Å². The Morgan fingerprint density at radius 1 is 1.22 bits per heavy atom. The van der Waals surface area contributed by atoms with Crippen molar-refractivity contribution in [2.45, 2.75) is 57.9 Å². The van der Waals surface area contributed by atoms with Crippen molar-refractivity contribution in [2.24, 2.45) is 0 Å². The Kier molecular flexibility index (Phi) is 4.10. The Morgan fingerprint density at radius 3 is 2.43 bits per heavy atom. The SMILES string of the molecule is CC1(C)C[C@@H](NCc2ccc(N3CCOC3=O)cc2)C(C)(C)O1. The molecule has 1 N–H and O–H groups in total. The summed E-state index contributed by atoms with van der Waals surface area (Å²) in [5, 5.41) is 3.61. The lowest BCUT2D eigenvalue weighted by atomic mass is 9.94. The molecule has 0 aromatic heterocycles. The van der Waals surface area contributed by atoms with Crippen LogP contribution in [-0.2, 0) is 16.0 Å². The first-order valence-electron chi connectivity index (χ1n) is 8.24. The molecule has 126 valence electrons. The Hall–Kier alpha value is -1.59. The molecule has 0 saturated carbocycles. The first kappa shape index (κ1) is 16.3. The van der Waals surface area contributed by atoms with E-state index in [1.54, 1.807) is 4.90 Å². The first-order chi connectivity index (χ1) is 10.8. The van der Waals surface area contributed by atoms with Crippen LogP contribution in [0.3, 0.4) is 0 Å². The maximum absolute atomic E-state index is 11.6. The van der Waals surface area contributed by atoms with Crippen LogP contribution in [0, 0.1) is 0 Å². The number of carbonyl (C=O) groups is 1. The third kappa shape index (κ3) is 3.51. The van der Waals surface area contributed by atoms with Gasteiger partial charge in [-0.05, 0) is 51.8 Å². The average molecular weight is 318 g/mol. The van der Waals surface area contributed by atoms with Crippen molar-refractivity contribution in [2.75, 3.05) is 18.1 Å². The molecule has 1 aromatic carbocycles. The first-order valence-corrected chi connectivity index (χ1v) is 8.24. The maximum Gasteiger partial charge on any atom is 0.414 e. The van der Waals surface area contributed by atoms with E-state index in [1.807, 2.05) is 12.1 Å². The Labute approximate surface area is 137 Å². The third-order valence-corrected chi connectivity index (χ3v) is 4.64. The lowest BCUT2D eigenvalue weighted by Gasteiger charge is -2.28. The quantitative estimate of drug-likeness (QED) is 0.927. The van der Waals surface area contributed by atoms with Crippen molar-refractivity contribution in [1.82, 2.24) is 5.32 Å². The summed E-state index contributed by atoms with van der Waals surface area (Å²) >= 11 is 0. The zero-order valence-electron chi connectivity index (χ0n) is 14.4. The fourth-order valence-corrected chi connectivity index (χ4v) is 3.54. The van der Waals surface area contributed by atoms with E-state index < -0.39 is 0 Å². The topological polar surface area (TPSA) is 50.8 Å². The van der Waals surface area contributed by atoms with Gasteiger partial charge in [0.1, 0.15) is 6.61 Å². The van der Waals surface area contributed by atoms with E-state index >= 15 is 0 Å². The van der Waals surface area contributed by atoms with Gasteiger partial charge in [0, 0.05) is 18.3 Å². The van der Waals surface area contributed by atoms with Gasteiger partial charge >= 0.3 is 6.09 Å². The molecule has 2 fully saturated rings. The van der Waals surface area contributed by atoms with Gasteiger partial charge in [-0.1, -0.05) is 12.1 Å². The Balaban J connectivity index is 1.60. The highest BCUT2D eigenvalue weighted by molar-refractivity contribution is 5.89. The molecule has 3 rings (SSSR count). The van der Waals surface area contributed by atoms with E-state index in [-0.39, 0.29) is 17.3 Å². The van der Waals surface area contributed by atoms with Crippen LogP contribution < -0.4 is 10.2 Å². The number of carbonyl (C=O) groups excluding carboxylic acids is 1. The van der Waals surface area contributed by atoms with Crippen molar-refractivity contribution >= 4 is 11.8 Å². The molecule has 1 atom stereocenters. The van der Waals surface area contributed by atoms with Crippen molar-refractivity contribution in [3.63, 3.8) is 0 Å². The molecule has 2 aliphatic rings. The van der Waals surface area contributed by atoms with Crippen LogP contribution in [0.25, 0.3) is 0 Å². The van der Waals surface area contributed by atoms with E-state index in [4.69, 9.17) is 9.47 Å². The summed E-state index contributed by atoms with van der Waals surface area (Å²) in [6, 6.07) is 8.39. The van der Waals surface area contributed by atoms with E-state index in [9.17, 15) is 4.79 Å². The van der Waals surface area contributed by atoms with Gasteiger partial charge in [-0.2, -0.15) is 0 Å². The van der Waals surface area contributed by atoms with Gasteiger partial charge in [0.05, 0.1) is 17.7 Å². The van der Waals surface area contributed by atoms with Gasteiger partial charge in [-0.25, -0.2) is 4.79 Å². The molecule has 0 radical (unpaired) electrons. The second kappa shape index (κ2) is 5.80. The molecular formula is C18H26N2O3. The lowest BCUT2D eigenvalue weighted by molar-refractivity contribution is -0.0699. The zero-order chi connectivity index (χ0) is 16.7. The van der Waals surface area contributed by atoms with Crippen LogP contribution >= 0.6 is 0 Å². The van der Waals surface area contributed by atoms with Crippen LogP contribution in [0.2, 0.25) is 0 Å². The highest BCUT2D eigenvalue weighted by atomic mass is 16.6. The summed E-state index contributed by atoms with van der Waals surface area (Å²) in [6.07, 6.45) is 0.737. The number of cyclic esters (lactones) is 1. The fraction of sp³-hybridized carbons (Fsp3) is 0.611. The highest BCUT2D eigenvalue weighted by Crippen LogP contribution is 2.37. The number of rotatable bonds is 4. The minimum absolute atomic E-state index is 0.0822. The van der Waals surface area contributed by atoms with Crippen LogP contribution in [0.5, 0.6) is 0 Å². The number of nitrogens with zero attached hydrogens (tertiary/aromatic N) is 1. The molecule has 0 aliphatic carbocycles. The van der Waals surface area contributed by atoms with E-state index in [2.05, 4.69) is 45.1 Å². The monoisotopic (exact) mass is 318 g/mol. The van der Waals surface area contributed by atoms with Crippen molar-refractivity contribution in [3.8, 4) is 0 Å². The number of ether oxygens (including phenoxy) is 2. The smallest absolute Gasteiger partial charge is 0.414 e. The molecule has 2 saturated heterocycles. The number of hydrogen-bond donors (Lipinski definition) is 1. The van der Waals surface area contributed by atoms with Crippen molar-refractivity contribution < 1.29 is 14.3 Å². The number of hydrogen-bond acceptors (Lipinski definition) is 4. The Morgan fingerprint density at radius 2 is 1.91 bits per heavy atom. The van der Waals surface area contributed by atoms with E-state index in [1.165, 1.54) is 5.56 Å². The van der Waals surface area contributed by atoms with Crippen LogP contribution in [0.15, 0.2) is 24.3 Å². The van der Waals surface area contributed by atoms with Gasteiger partial charge in [0.2, 0.25) is 0 Å². The fourth-order valence-electron chi connectivity index (χ4n) is 3.54. The molecular weight excluding hydrogens is 292 g/mol. The number of amides is 1. The standard InChI is InChI=1S/C18H26N2O3/c1-17(2)11-15(18(3,4)23-17)19-12-13-5-7-14(8-6-13)20-9-10-22-16(20)21/h5-8,15,19H,9-12H2,1-4H3/t15-/m1/s1. The predicted octanol–water partition coefficient (Wildman–Crippen LogP) is 3.08. The van der Waals surface area contributed by atoms with E-state index in [0.29, 0.717) is 19.2 Å². The number of nitrogens with one attached hydrogen (secondary N) is 1. The molecule has 5 heteroatoms. The summed E-state index contributed by atoms with van der Waals surface area (Å²) < 4.78 is 11.1. The molecule has 0 unspecified atom stereocenters. The summed E-state index contributed by atoms with van der Waals surface area (Å²) in [4.78, 5) is 13.2. The maximum atomic E-state index is 11.6. The molecule has 0 bridgehead atoms.